The van der Waals surface area contributed by atoms with Crippen molar-refractivity contribution < 1.29 is 19.8 Å². The van der Waals surface area contributed by atoms with Crippen molar-refractivity contribution in [1.29, 1.82) is 0 Å². The maximum Gasteiger partial charge on any atom is 0.318 e. The van der Waals surface area contributed by atoms with Crippen molar-refractivity contribution in [2.75, 3.05) is 19.7 Å². The lowest BCUT2D eigenvalue weighted by Crippen LogP contribution is -2.55. The Hall–Kier alpha value is -1.56. The number of amides is 2. The van der Waals surface area contributed by atoms with Gasteiger partial charge in [0.15, 0.2) is 0 Å². The summed E-state index contributed by atoms with van der Waals surface area (Å²) in [4.78, 5) is 24.7. The van der Waals surface area contributed by atoms with E-state index in [-0.39, 0.29) is 25.6 Å². The first kappa shape index (κ1) is 16.5. The van der Waals surface area contributed by atoms with Crippen LogP contribution in [0.25, 0.3) is 0 Å². The monoisotopic (exact) mass is 284 g/mol. The number of carboxylic acid groups (broad SMARTS) is 1. The minimum Gasteiger partial charge on any atom is -0.481 e. The van der Waals surface area contributed by atoms with E-state index >= 15 is 0 Å². The summed E-state index contributed by atoms with van der Waals surface area (Å²) in [6.07, 6.45) is 5.83. The van der Waals surface area contributed by atoms with Crippen molar-refractivity contribution in [2.24, 2.45) is 0 Å². The van der Waals surface area contributed by atoms with Gasteiger partial charge in [0.05, 0.1) is 18.6 Å². The predicted molar refractivity (Wildman–Crippen MR) is 75.5 cm³/mol. The van der Waals surface area contributed by atoms with Gasteiger partial charge in [0.1, 0.15) is 0 Å². The van der Waals surface area contributed by atoms with Crippen LogP contribution in [0, 0.1) is 0 Å². The number of nitrogens with zero attached hydrogens (tertiary/aromatic N) is 1. The van der Waals surface area contributed by atoms with Gasteiger partial charge in [0.25, 0.3) is 0 Å². The van der Waals surface area contributed by atoms with E-state index < -0.39 is 11.5 Å². The SMILES string of the molecule is C=CCN(CCO)C(=O)NC1(CC(=O)O)CCCCC1. The first-order chi connectivity index (χ1) is 9.53. The molecule has 0 saturated heterocycles. The number of aliphatic hydroxyl groups excluding tert-OH is 1. The molecule has 0 bridgehead atoms. The predicted octanol–water partition coefficient (Wildman–Crippen LogP) is 1.35. The van der Waals surface area contributed by atoms with Crippen LogP contribution in [0.15, 0.2) is 12.7 Å². The van der Waals surface area contributed by atoms with E-state index in [0.29, 0.717) is 19.4 Å². The summed E-state index contributed by atoms with van der Waals surface area (Å²) in [7, 11) is 0. The van der Waals surface area contributed by atoms with Crippen LogP contribution >= 0.6 is 0 Å². The Morgan fingerprint density at radius 3 is 2.45 bits per heavy atom. The fourth-order valence-corrected chi connectivity index (χ4v) is 2.72. The highest BCUT2D eigenvalue weighted by Crippen LogP contribution is 2.31. The molecule has 0 unspecified atom stereocenters. The van der Waals surface area contributed by atoms with Gasteiger partial charge in [-0.3, -0.25) is 4.79 Å². The molecule has 1 aliphatic rings. The number of carbonyl (C=O) groups excluding carboxylic acids is 1. The summed E-state index contributed by atoms with van der Waals surface area (Å²) >= 11 is 0. The molecule has 0 aromatic carbocycles. The third-order valence-electron chi connectivity index (χ3n) is 3.68. The molecule has 0 atom stereocenters. The maximum atomic E-state index is 12.2. The standard InChI is InChI=1S/C14H24N2O4/c1-2-8-16(9-10-17)13(20)15-14(11-12(18)19)6-4-3-5-7-14/h2,17H,1,3-11H2,(H,15,20)(H,18,19). The minimum atomic E-state index is -0.898. The number of aliphatic hydroxyl groups is 1. The zero-order valence-electron chi connectivity index (χ0n) is 11.8. The number of nitrogens with one attached hydrogen (secondary N) is 1. The third-order valence-corrected chi connectivity index (χ3v) is 3.68. The van der Waals surface area contributed by atoms with Crippen molar-refractivity contribution in [3.63, 3.8) is 0 Å². The zero-order chi connectivity index (χ0) is 15.0. The van der Waals surface area contributed by atoms with Crippen molar-refractivity contribution in [3.05, 3.63) is 12.7 Å². The molecule has 3 N–H and O–H groups in total. The second-order valence-corrected chi connectivity index (χ2v) is 5.30. The molecule has 1 rings (SSSR count). The highest BCUT2D eigenvalue weighted by Gasteiger charge is 2.36. The van der Waals surface area contributed by atoms with Crippen LogP contribution in [0.3, 0.4) is 0 Å². The first-order valence-electron chi connectivity index (χ1n) is 7.03. The van der Waals surface area contributed by atoms with Crippen molar-refractivity contribution in [2.45, 2.75) is 44.1 Å². The third kappa shape index (κ3) is 4.85. The van der Waals surface area contributed by atoms with Crippen LogP contribution in [0.2, 0.25) is 0 Å². The first-order valence-corrected chi connectivity index (χ1v) is 7.03. The molecular formula is C14H24N2O4. The average Bonchev–Trinajstić information content (AvgIpc) is 2.38. The number of urea groups is 1. The van der Waals surface area contributed by atoms with Gasteiger partial charge >= 0.3 is 12.0 Å². The molecule has 0 radical (unpaired) electrons. The molecule has 1 saturated carbocycles. The fourth-order valence-electron chi connectivity index (χ4n) is 2.72. The van der Waals surface area contributed by atoms with Crippen LogP contribution in [0.5, 0.6) is 0 Å². The Morgan fingerprint density at radius 2 is 1.95 bits per heavy atom. The molecule has 0 aromatic rings. The summed E-state index contributed by atoms with van der Waals surface area (Å²) in [5.74, 6) is -0.898. The quantitative estimate of drug-likeness (QED) is 0.616. The molecule has 0 heterocycles. The van der Waals surface area contributed by atoms with E-state index in [1.54, 1.807) is 6.08 Å². The lowest BCUT2D eigenvalue weighted by Gasteiger charge is -2.38. The molecule has 1 aliphatic carbocycles. The Morgan fingerprint density at radius 1 is 1.30 bits per heavy atom. The maximum absolute atomic E-state index is 12.2. The van der Waals surface area contributed by atoms with Gasteiger partial charge in [0.2, 0.25) is 0 Å². The molecule has 6 nitrogen and oxygen atoms in total. The van der Waals surface area contributed by atoms with Crippen LogP contribution in [0.1, 0.15) is 38.5 Å². The van der Waals surface area contributed by atoms with Crippen molar-refractivity contribution in [3.8, 4) is 0 Å². The van der Waals surface area contributed by atoms with Gasteiger partial charge < -0.3 is 20.4 Å². The molecule has 6 heteroatoms. The lowest BCUT2D eigenvalue weighted by atomic mass is 9.79. The van der Waals surface area contributed by atoms with Crippen molar-refractivity contribution in [1.82, 2.24) is 10.2 Å². The summed E-state index contributed by atoms with van der Waals surface area (Å²) in [5, 5.41) is 20.9. The number of hydrogen-bond acceptors (Lipinski definition) is 3. The van der Waals surface area contributed by atoms with E-state index in [1.165, 1.54) is 4.90 Å². The van der Waals surface area contributed by atoms with Gasteiger partial charge in [-0.25, -0.2) is 4.79 Å². The smallest absolute Gasteiger partial charge is 0.318 e. The summed E-state index contributed by atoms with van der Waals surface area (Å²) in [5.41, 5.74) is -0.657. The number of rotatable bonds is 7. The normalized spacial score (nSPS) is 17.2. The molecule has 0 aromatic heterocycles. The second-order valence-electron chi connectivity index (χ2n) is 5.30. The highest BCUT2D eigenvalue weighted by atomic mass is 16.4. The molecule has 20 heavy (non-hydrogen) atoms. The van der Waals surface area contributed by atoms with Crippen molar-refractivity contribution >= 4 is 12.0 Å². The van der Waals surface area contributed by atoms with Crippen LogP contribution in [-0.2, 0) is 4.79 Å². The lowest BCUT2D eigenvalue weighted by molar-refractivity contribution is -0.139. The molecule has 114 valence electrons. The molecular weight excluding hydrogens is 260 g/mol. The molecule has 0 spiro atoms. The second kappa shape index (κ2) is 7.89. The average molecular weight is 284 g/mol. The molecule has 0 aliphatic heterocycles. The van der Waals surface area contributed by atoms with E-state index in [4.69, 9.17) is 10.2 Å². The number of carboxylic acids is 1. The van der Waals surface area contributed by atoms with Gasteiger partial charge in [-0.1, -0.05) is 25.3 Å². The van der Waals surface area contributed by atoms with Crippen LogP contribution in [-0.4, -0.2) is 52.3 Å². The Kier molecular flexibility index (Phi) is 6.51. The van der Waals surface area contributed by atoms with Gasteiger partial charge in [-0.2, -0.15) is 0 Å². The number of carbonyl (C=O) groups is 2. The zero-order valence-corrected chi connectivity index (χ0v) is 11.8. The van der Waals surface area contributed by atoms with Gasteiger partial charge in [-0.05, 0) is 12.8 Å². The van der Waals surface area contributed by atoms with E-state index in [1.807, 2.05) is 0 Å². The van der Waals surface area contributed by atoms with Gasteiger partial charge in [0, 0.05) is 13.1 Å². The Labute approximate surface area is 119 Å². The molecule has 1 fully saturated rings. The fraction of sp³-hybridized carbons (Fsp3) is 0.714. The summed E-state index contributed by atoms with van der Waals surface area (Å²) < 4.78 is 0. The van der Waals surface area contributed by atoms with E-state index in [9.17, 15) is 9.59 Å². The minimum absolute atomic E-state index is 0.0558. The largest absolute Gasteiger partial charge is 0.481 e. The number of hydrogen-bond donors (Lipinski definition) is 3. The highest BCUT2D eigenvalue weighted by molar-refractivity contribution is 5.77. The Bertz CT molecular complexity index is 351. The van der Waals surface area contributed by atoms with Crippen LogP contribution < -0.4 is 5.32 Å². The Balaban J connectivity index is 2.74. The van der Waals surface area contributed by atoms with E-state index in [0.717, 1.165) is 19.3 Å². The summed E-state index contributed by atoms with van der Waals surface area (Å²) in [6.45, 7) is 3.99. The van der Waals surface area contributed by atoms with E-state index in [2.05, 4.69) is 11.9 Å². The van der Waals surface area contributed by atoms with Crippen LogP contribution in [0.4, 0.5) is 4.79 Å². The number of aliphatic carboxylic acids is 1. The topological polar surface area (TPSA) is 89.9 Å². The van der Waals surface area contributed by atoms with Gasteiger partial charge in [-0.15, -0.1) is 6.58 Å². The summed E-state index contributed by atoms with van der Waals surface area (Å²) in [6, 6.07) is -0.331. The molecule has 2 amide bonds.